The molecule has 1 aromatic heterocycles. The third-order valence-electron chi connectivity index (χ3n) is 3.78. The summed E-state index contributed by atoms with van der Waals surface area (Å²) in [5, 5.41) is 4.95. The normalized spacial score (nSPS) is 19.8. The molecule has 0 aromatic carbocycles. The zero-order valence-corrected chi connectivity index (χ0v) is 13.2. The van der Waals surface area contributed by atoms with Gasteiger partial charge in [0.1, 0.15) is 6.04 Å². The van der Waals surface area contributed by atoms with Crippen LogP contribution in [0.15, 0.2) is 17.5 Å². The van der Waals surface area contributed by atoms with Crippen molar-refractivity contribution in [2.45, 2.75) is 24.9 Å². The highest BCUT2D eigenvalue weighted by Crippen LogP contribution is 2.23. The Bertz CT molecular complexity index is 489. The van der Waals surface area contributed by atoms with Crippen LogP contribution in [0.3, 0.4) is 0 Å². The Balaban J connectivity index is 1.95. The number of primary amides is 1. The van der Waals surface area contributed by atoms with E-state index in [2.05, 4.69) is 16.3 Å². The number of likely N-dealkylation sites (N-methyl/N-ethyl adjacent to an activating group) is 1. The van der Waals surface area contributed by atoms with Crippen molar-refractivity contribution in [3.63, 3.8) is 0 Å². The molecule has 1 saturated heterocycles. The van der Waals surface area contributed by atoms with Crippen LogP contribution in [0.5, 0.6) is 0 Å². The fourth-order valence-corrected chi connectivity index (χ4v) is 3.53. The molecule has 6 nitrogen and oxygen atoms in total. The van der Waals surface area contributed by atoms with Gasteiger partial charge in [0.05, 0.1) is 6.04 Å². The second kappa shape index (κ2) is 6.91. The van der Waals surface area contributed by atoms with Gasteiger partial charge in [-0.1, -0.05) is 6.07 Å². The van der Waals surface area contributed by atoms with E-state index in [0.717, 1.165) is 6.42 Å². The highest BCUT2D eigenvalue weighted by Gasteiger charge is 2.32. The van der Waals surface area contributed by atoms with E-state index in [1.165, 1.54) is 4.88 Å². The largest absolute Gasteiger partial charge is 0.368 e. The molecule has 2 rings (SSSR count). The van der Waals surface area contributed by atoms with Crippen LogP contribution in [0.1, 0.15) is 23.8 Å². The Morgan fingerprint density at radius 3 is 2.90 bits per heavy atom. The molecule has 0 aliphatic carbocycles. The average Bonchev–Trinajstić information content (AvgIpc) is 3.09. The predicted molar refractivity (Wildman–Crippen MR) is 83.1 cm³/mol. The Hall–Kier alpha value is -1.60. The van der Waals surface area contributed by atoms with Crippen molar-refractivity contribution < 1.29 is 9.59 Å². The van der Waals surface area contributed by atoms with Crippen molar-refractivity contribution in [3.05, 3.63) is 22.4 Å². The van der Waals surface area contributed by atoms with Gasteiger partial charge in [0, 0.05) is 18.0 Å². The number of amides is 3. The number of carbonyl (C=O) groups excluding carboxylic acids is 2. The lowest BCUT2D eigenvalue weighted by Gasteiger charge is -2.27. The summed E-state index contributed by atoms with van der Waals surface area (Å²) in [6.07, 6.45) is 1.48. The molecule has 0 bridgehead atoms. The molecular formula is C14H22N4O2S. The number of likely N-dealkylation sites (tertiary alicyclic amines) is 1. The number of hydrogen-bond donors (Lipinski definition) is 2. The monoisotopic (exact) mass is 310 g/mol. The molecule has 2 heterocycles. The highest BCUT2D eigenvalue weighted by molar-refractivity contribution is 7.10. The highest BCUT2D eigenvalue weighted by atomic mass is 32.1. The molecular weight excluding hydrogens is 288 g/mol. The maximum absolute atomic E-state index is 12.2. The van der Waals surface area contributed by atoms with E-state index in [1.807, 2.05) is 25.5 Å². The van der Waals surface area contributed by atoms with Gasteiger partial charge < -0.3 is 20.9 Å². The summed E-state index contributed by atoms with van der Waals surface area (Å²) in [6.45, 7) is 1.10. The third kappa shape index (κ3) is 3.74. The van der Waals surface area contributed by atoms with Crippen LogP contribution >= 0.6 is 11.3 Å². The first-order valence-corrected chi connectivity index (χ1v) is 7.92. The summed E-state index contributed by atoms with van der Waals surface area (Å²) in [7, 11) is 3.97. The van der Waals surface area contributed by atoms with Crippen LogP contribution in [-0.2, 0) is 4.79 Å². The van der Waals surface area contributed by atoms with Crippen LogP contribution in [0.25, 0.3) is 0 Å². The molecule has 1 aliphatic heterocycles. The third-order valence-corrected chi connectivity index (χ3v) is 4.76. The number of carbonyl (C=O) groups is 2. The Morgan fingerprint density at radius 1 is 1.57 bits per heavy atom. The van der Waals surface area contributed by atoms with E-state index in [-0.39, 0.29) is 12.1 Å². The van der Waals surface area contributed by atoms with Crippen molar-refractivity contribution >= 4 is 23.3 Å². The predicted octanol–water partition coefficient (Wildman–Crippen LogP) is 1.01. The zero-order chi connectivity index (χ0) is 15.4. The quantitative estimate of drug-likeness (QED) is 0.852. The number of nitrogens with one attached hydrogen (secondary N) is 1. The van der Waals surface area contributed by atoms with Crippen molar-refractivity contribution in [3.8, 4) is 0 Å². The standard InChI is InChI=1S/C14H22N4O2S/c1-17(2)11(12-6-4-8-21-12)9-16-14(20)18-7-3-5-10(18)13(15)19/h4,6,8,10-11H,3,5,7,9H2,1-2H3,(H2,15,19)(H,16,20)/t10-,11+/m0/s1. The first-order chi connectivity index (χ1) is 10.0. The topological polar surface area (TPSA) is 78.7 Å². The minimum atomic E-state index is -0.468. The summed E-state index contributed by atoms with van der Waals surface area (Å²) < 4.78 is 0. The fraction of sp³-hybridized carbons (Fsp3) is 0.571. The average molecular weight is 310 g/mol. The van der Waals surface area contributed by atoms with E-state index in [0.29, 0.717) is 19.5 Å². The summed E-state index contributed by atoms with van der Waals surface area (Å²) >= 11 is 1.67. The molecule has 0 unspecified atom stereocenters. The number of nitrogens with zero attached hydrogens (tertiary/aromatic N) is 2. The lowest BCUT2D eigenvalue weighted by molar-refractivity contribution is -0.121. The van der Waals surface area contributed by atoms with Crippen LogP contribution < -0.4 is 11.1 Å². The first kappa shape index (κ1) is 15.8. The summed E-state index contributed by atoms with van der Waals surface area (Å²) in [6, 6.07) is 3.51. The van der Waals surface area contributed by atoms with Crippen molar-refractivity contribution in [2.75, 3.05) is 27.2 Å². The summed E-state index contributed by atoms with van der Waals surface area (Å²) in [4.78, 5) is 28.4. The zero-order valence-electron chi connectivity index (χ0n) is 12.4. The van der Waals surface area contributed by atoms with Crippen LogP contribution in [0, 0.1) is 0 Å². The molecule has 7 heteroatoms. The van der Waals surface area contributed by atoms with Gasteiger partial charge in [-0.2, -0.15) is 0 Å². The fourth-order valence-electron chi connectivity index (χ4n) is 2.61. The summed E-state index contributed by atoms with van der Waals surface area (Å²) in [5.41, 5.74) is 5.34. The Labute approximate surface area is 128 Å². The van der Waals surface area contributed by atoms with Gasteiger partial charge in [0.2, 0.25) is 5.91 Å². The van der Waals surface area contributed by atoms with E-state index in [9.17, 15) is 9.59 Å². The molecule has 0 saturated carbocycles. The molecule has 1 aliphatic rings. The van der Waals surface area contributed by atoms with Crippen molar-refractivity contribution in [2.24, 2.45) is 5.73 Å². The molecule has 116 valence electrons. The van der Waals surface area contributed by atoms with E-state index in [4.69, 9.17) is 5.73 Å². The molecule has 3 amide bonds. The smallest absolute Gasteiger partial charge is 0.318 e. The molecule has 1 fully saturated rings. The number of thiophene rings is 1. The van der Waals surface area contributed by atoms with Gasteiger partial charge >= 0.3 is 6.03 Å². The first-order valence-electron chi connectivity index (χ1n) is 7.04. The van der Waals surface area contributed by atoms with E-state index >= 15 is 0 Å². The second-order valence-corrected chi connectivity index (χ2v) is 6.41. The Morgan fingerprint density at radius 2 is 2.33 bits per heavy atom. The minimum Gasteiger partial charge on any atom is -0.368 e. The van der Waals surface area contributed by atoms with Crippen LogP contribution in [0.4, 0.5) is 4.79 Å². The molecule has 3 N–H and O–H groups in total. The number of urea groups is 1. The van der Waals surface area contributed by atoms with E-state index in [1.54, 1.807) is 16.2 Å². The SMILES string of the molecule is CN(C)[C@H](CNC(=O)N1CCC[C@H]1C(N)=O)c1cccs1. The summed E-state index contributed by atoms with van der Waals surface area (Å²) in [5.74, 6) is -0.426. The van der Waals surface area contributed by atoms with Gasteiger partial charge in [-0.15, -0.1) is 11.3 Å². The van der Waals surface area contributed by atoms with Gasteiger partial charge in [-0.25, -0.2) is 4.79 Å². The van der Waals surface area contributed by atoms with Gasteiger partial charge in [0.15, 0.2) is 0 Å². The lowest BCUT2D eigenvalue weighted by Crippen LogP contribution is -2.49. The molecule has 1 aromatic rings. The second-order valence-electron chi connectivity index (χ2n) is 5.43. The van der Waals surface area contributed by atoms with Gasteiger partial charge in [0.25, 0.3) is 0 Å². The minimum absolute atomic E-state index is 0.128. The number of nitrogens with two attached hydrogens (primary N) is 1. The van der Waals surface area contributed by atoms with Crippen molar-refractivity contribution in [1.82, 2.24) is 15.1 Å². The maximum atomic E-state index is 12.2. The maximum Gasteiger partial charge on any atom is 0.318 e. The van der Waals surface area contributed by atoms with Crippen LogP contribution in [-0.4, -0.2) is 55.0 Å². The molecule has 0 spiro atoms. The molecule has 0 radical (unpaired) electrons. The molecule has 21 heavy (non-hydrogen) atoms. The van der Waals surface area contributed by atoms with E-state index < -0.39 is 11.9 Å². The Kier molecular flexibility index (Phi) is 5.19. The number of rotatable bonds is 5. The van der Waals surface area contributed by atoms with Gasteiger partial charge in [-0.05, 0) is 38.4 Å². The van der Waals surface area contributed by atoms with Gasteiger partial charge in [-0.3, -0.25) is 4.79 Å². The number of hydrogen-bond acceptors (Lipinski definition) is 4. The molecule has 2 atom stereocenters. The van der Waals surface area contributed by atoms with Crippen molar-refractivity contribution in [1.29, 1.82) is 0 Å². The van der Waals surface area contributed by atoms with Crippen LogP contribution in [0.2, 0.25) is 0 Å². The lowest BCUT2D eigenvalue weighted by atomic mass is 10.2.